The summed E-state index contributed by atoms with van der Waals surface area (Å²) in [5.41, 5.74) is 5.81. The van der Waals surface area contributed by atoms with Crippen LogP contribution in [0.15, 0.2) is 12.7 Å². The number of ether oxygens (including phenoxy) is 1. The van der Waals surface area contributed by atoms with Crippen molar-refractivity contribution in [1.29, 1.82) is 0 Å². The zero-order valence-corrected chi connectivity index (χ0v) is 18.3. The summed E-state index contributed by atoms with van der Waals surface area (Å²) < 4.78 is 51.8. The number of nitrogens with zero attached hydrogens (tertiary/aromatic N) is 4. The third kappa shape index (κ3) is 5.98. The van der Waals surface area contributed by atoms with Gasteiger partial charge in [0.05, 0.1) is 6.33 Å². The van der Waals surface area contributed by atoms with Gasteiger partial charge in [-0.2, -0.15) is 8.62 Å². The van der Waals surface area contributed by atoms with Crippen LogP contribution in [0.5, 0.6) is 0 Å². The molecule has 0 amide bonds. The monoisotopic (exact) mass is 539 g/mol. The molecule has 0 radical (unpaired) electrons. The number of hydrogen-bond acceptors (Lipinski definition) is 15. The fourth-order valence-electron chi connectivity index (χ4n) is 2.77. The SMILES string of the molecule is Nc1ncnc2c1ncn2[C@@H]1O[C@H](C(OO)OP(=O)(O)OP(=O)(O)OP(=O)(O)O)[C@@H](O)[C@H]1O. The van der Waals surface area contributed by atoms with Gasteiger partial charge in [0, 0.05) is 0 Å². The quantitative estimate of drug-likeness (QED) is 0.0753. The largest absolute Gasteiger partial charge is 0.490 e. The topological polar surface area (TPSA) is 309 Å². The van der Waals surface area contributed by atoms with Crippen LogP contribution >= 0.6 is 23.5 Å². The van der Waals surface area contributed by atoms with Gasteiger partial charge in [-0.3, -0.25) is 9.09 Å². The van der Waals surface area contributed by atoms with E-state index in [0.717, 1.165) is 17.2 Å². The molecule has 2 aromatic rings. The van der Waals surface area contributed by atoms with Crippen LogP contribution in [0, 0.1) is 0 Å². The first-order chi connectivity index (χ1) is 15.1. The molecule has 7 atom stereocenters. The van der Waals surface area contributed by atoms with Crippen LogP contribution < -0.4 is 5.73 Å². The van der Waals surface area contributed by atoms with Gasteiger partial charge in [0.2, 0.25) is 6.29 Å². The van der Waals surface area contributed by atoms with E-state index in [1.54, 1.807) is 0 Å². The van der Waals surface area contributed by atoms with Crippen molar-refractivity contribution in [2.75, 3.05) is 5.73 Å². The Bertz CT molecular complexity index is 1150. The van der Waals surface area contributed by atoms with Gasteiger partial charge in [0.1, 0.15) is 30.2 Å². The lowest BCUT2D eigenvalue weighted by atomic mass is 10.1. The average Bonchev–Trinajstić information content (AvgIpc) is 3.20. The minimum absolute atomic E-state index is 0.0208. The number of anilines is 1. The van der Waals surface area contributed by atoms with Gasteiger partial charge in [0.15, 0.2) is 17.7 Å². The third-order valence-corrected chi connectivity index (χ3v) is 7.76. The van der Waals surface area contributed by atoms with Gasteiger partial charge in [-0.1, -0.05) is 0 Å². The van der Waals surface area contributed by atoms with Crippen molar-refractivity contribution < 1.29 is 71.5 Å². The van der Waals surface area contributed by atoms with Crippen LogP contribution in [-0.2, 0) is 36.5 Å². The van der Waals surface area contributed by atoms with Crippen molar-refractivity contribution in [1.82, 2.24) is 19.5 Å². The highest BCUT2D eigenvalue weighted by molar-refractivity contribution is 7.66. The summed E-state index contributed by atoms with van der Waals surface area (Å²) in [7, 11) is -17.3. The van der Waals surface area contributed by atoms with Crippen molar-refractivity contribution in [3.05, 3.63) is 12.7 Å². The Kier molecular flexibility index (Phi) is 7.38. The van der Waals surface area contributed by atoms with E-state index in [2.05, 4.69) is 33.0 Å². The van der Waals surface area contributed by atoms with Crippen LogP contribution in [0.4, 0.5) is 5.82 Å². The number of nitrogen functional groups attached to an aromatic ring is 1. The molecular formula is C10H16N5O15P3. The zero-order valence-electron chi connectivity index (χ0n) is 15.6. The maximum Gasteiger partial charge on any atom is 0.490 e. The number of phosphoric acid groups is 3. The number of nitrogens with two attached hydrogens (primary N) is 1. The Hall–Kier alpha value is -1.44. The van der Waals surface area contributed by atoms with Crippen LogP contribution in [0.1, 0.15) is 6.23 Å². The van der Waals surface area contributed by atoms with E-state index in [4.69, 9.17) is 25.5 Å². The molecule has 1 fully saturated rings. The molecule has 3 unspecified atom stereocenters. The molecule has 1 saturated heterocycles. The van der Waals surface area contributed by atoms with Crippen LogP contribution in [0.3, 0.4) is 0 Å². The molecule has 20 nitrogen and oxygen atoms in total. The normalized spacial score (nSPS) is 28.5. The van der Waals surface area contributed by atoms with Crippen molar-refractivity contribution in [2.24, 2.45) is 0 Å². The number of hydrogen-bond donors (Lipinski definition) is 8. The first-order valence-electron chi connectivity index (χ1n) is 8.21. The van der Waals surface area contributed by atoms with E-state index in [1.165, 1.54) is 0 Å². The second-order valence-electron chi connectivity index (χ2n) is 6.23. The average molecular weight is 539 g/mol. The zero-order chi connectivity index (χ0) is 24.8. The molecule has 0 bridgehead atoms. The number of rotatable bonds is 9. The molecule has 0 saturated carbocycles. The highest BCUT2D eigenvalue weighted by Gasteiger charge is 2.52. The molecule has 0 spiro atoms. The van der Waals surface area contributed by atoms with Crippen molar-refractivity contribution >= 4 is 40.4 Å². The minimum atomic E-state index is -5.87. The summed E-state index contributed by atoms with van der Waals surface area (Å²) in [6.07, 6.45) is -7.50. The van der Waals surface area contributed by atoms with Gasteiger partial charge >= 0.3 is 23.5 Å². The second-order valence-corrected chi connectivity index (χ2v) is 10.6. The second kappa shape index (κ2) is 9.31. The molecule has 9 N–H and O–H groups in total. The fraction of sp³-hybridized carbons (Fsp3) is 0.500. The smallest absolute Gasteiger partial charge is 0.387 e. The summed E-state index contributed by atoms with van der Waals surface area (Å²) in [6, 6.07) is 0. The van der Waals surface area contributed by atoms with E-state index in [0.29, 0.717) is 0 Å². The van der Waals surface area contributed by atoms with Crippen LogP contribution in [0.2, 0.25) is 0 Å². The summed E-state index contributed by atoms with van der Waals surface area (Å²) in [6.45, 7) is 0. The molecular weight excluding hydrogens is 523 g/mol. The maximum absolute atomic E-state index is 12.0. The van der Waals surface area contributed by atoms with E-state index >= 15 is 0 Å². The first kappa shape index (κ1) is 26.2. The maximum atomic E-state index is 12.0. The molecule has 1 aliphatic heterocycles. The molecule has 0 aliphatic carbocycles. The van der Waals surface area contributed by atoms with Crippen molar-refractivity contribution in [3.63, 3.8) is 0 Å². The Morgan fingerprint density at radius 3 is 2.30 bits per heavy atom. The predicted octanol–water partition coefficient (Wildman–Crippen LogP) is -1.81. The summed E-state index contributed by atoms with van der Waals surface area (Å²) >= 11 is 0. The Morgan fingerprint density at radius 2 is 1.70 bits per heavy atom. The fourth-order valence-corrected chi connectivity index (χ4v) is 5.85. The molecule has 33 heavy (non-hydrogen) atoms. The van der Waals surface area contributed by atoms with E-state index < -0.39 is 54.3 Å². The van der Waals surface area contributed by atoms with E-state index in [-0.39, 0.29) is 17.0 Å². The van der Waals surface area contributed by atoms with Crippen molar-refractivity contribution in [3.8, 4) is 0 Å². The molecule has 0 aromatic carbocycles. The Balaban J connectivity index is 1.80. The van der Waals surface area contributed by atoms with Crippen molar-refractivity contribution in [2.45, 2.75) is 30.8 Å². The van der Waals surface area contributed by atoms with E-state index in [1.807, 2.05) is 0 Å². The third-order valence-electron chi connectivity index (χ3n) is 3.96. The highest BCUT2D eigenvalue weighted by atomic mass is 31.3. The van der Waals surface area contributed by atoms with Crippen LogP contribution in [-0.4, -0.2) is 79.2 Å². The molecule has 23 heteroatoms. The molecule has 3 rings (SSSR count). The summed E-state index contributed by atoms with van der Waals surface area (Å²) in [5, 5.41) is 29.6. The number of fused-ring (bicyclic) bond motifs is 1. The molecule has 2 aromatic heterocycles. The van der Waals surface area contributed by atoms with Gasteiger partial charge in [-0.15, -0.1) is 0 Å². The number of aliphatic hydroxyl groups excluding tert-OH is 2. The lowest BCUT2D eigenvalue weighted by molar-refractivity contribution is -0.355. The summed E-state index contributed by atoms with van der Waals surface area (Å²) in [5.74, 6) is -0.0208. The van der Waals surface area contributed by atoms with Gasteiger partial charge in [0.25, 0.3) is 0 Å². The van der Waals surface area contributed by atoms with Crippen LogP contribution in [0.25, 0.3) is 11.2 Å². The van der Waals surface area contributed by atoms with Gasteiger partial charge < -0.3 is 40.3 Å². The van der Waals surface area contributed by atoms with Gasteiger partial charge in [-0.25, -0.2) is 38.8 Å². The minimum Gasteiger partial charge on any atom is -0.387 e. The number of phosphoric ester groups is 1. The standard InChI is InChI=1S/C10H16N5O15P3/c11-7-3-8(13-1-12-7)15(2-14-3)9-5(17)4(16)6(26-9)10(27-18)28-32(22,23)30-33(24,25)29-31(19,20)21/h1-2,4-6,9-10,16-18H,(H,22,23)(H,24,25)(H2,11,12,13)(H2,19,20,21)/t4-,5+,6-,9+,10?/m0/s1. The summed E-state index contributed by atoms with van der Waals surface area (Å²) in [4.78, 5) is 51.2. The number of aromatic nitrogens is 4. The number of aliphatic hydroxyl groups is 2. The highest BCUT2D eigenvalue weighted by Crippen LogP contribution is 2.66. The number of imidazole rings is 1. The molecule has 3 heterocycles. The van der Waals surface area contributed by atoms with Gasteiger partial charge in [-0.05, 0) is 0 Å². The molecule has 1 aliphatic rings. The van der Waals surface area contributed by atoms with E-state index in [9.17, 15) is 33.7 Å². The Labute approximate surface area is 181 Å². The Morgan fingerprint density at radius 1 is 1.03 bits per heavy atom. The first-order valence-corrected chi connectivity index (χ1v) is 12.7. The lowest BCUT2D eigenvalue weighted by Crippen LogP contribution is -2.40. The molecule has 186 valence electrons. The lowest BCUT2D eigenvalue weighted by Gasteiger charge is -2.24. The predicted molar refractivity (Wildman–Crippen MR) is 98.1 cm³/mol.